The van der Waals surface area contributed by atoms with Gasteiger partial charge in [0.2, 0.25) is 5.89 Å². The van der Waals surface area contributed by atoms with E-state index in [0.717, 1.165) is 4.90 Å². The first-order chi connectivity index (χ1) is 10.8. The van der Waals surface area contributed by atoms with E-state index in [1.54, 1.807) is 31.0 Å². The largest absolute Gasteiger partial charge is 0.339 e. The summed E-state index contributed by atoms with van der Waals surface area (Å²) in [4.78, 5) is 30.2. The quantitative estimate of drug-likeness (QED) is 0.839. The van der Waals surface area contributed by atoms with E-state index in [-0.39, 0.29) is 18.4 Å². The Bertz CT molecular complexity index is 764. The molecule has 0 spiro atoms. The van der Waals surface area contributed by atoms with Crippen molar-refractivity contribution in [3.8, 4) is 0 Å². The highest BCUT2D eigenvalue weighted by atomic mass is 16.5. The second-order valence-electron chi connectivity index (χ2n) is 6.05. The van der Waals surface area contributed by atoms with Crippen molar-refractivity contribution in [2.24, 2.45) is 7.05 Å². The van der Waals surface area contributed by atoms with E-state index >= 15 is 0 Å². The maximum absolute atomic E-state index is 12.7. The molecule has 0 radical (unpaired) electrons. The molecule has 23 heavy (non-hydrogen) atoms. The van der Waals surface area contributed by atoms with Gasteiger partial charge in [-0.3, -0.25) is 14.4 Å². The zero-order chi connectivity index (χ0) is 16.8. The summed E-state index contributed by atoms with van der Waals surface area (Å²) in [5.41, 5.74) is -0.521. The van der Waals surface area contributed by atoms with Gasteiger partial charge in [-0.1, -0.05) is 19.0 Å². The molecule has 1 N–H and O–H groups in total. The number of amides is 3. The number of nitrogens with zero attached hydrogens (tertiary/aromatic N) is 5. The van der Waals surface area contributed by atoms with Crippen LogP contribution in [0.4, 0.5) is 4.79 Å². The summed E-state index contributed by atoms with van der Waals surface area (Å²) in [6, 6.07) is -0.489. The third-order valence-electron chi connectivity index (χ3n) is 3.83. The van der Waals surface area contributed by atoms with E-state index in [4.69, 9.17) is 4.52 Å². The molecule has 1 unspecified atom stereocenters. The third kappa shape index (κ3) is 2.47. The van der Waals surface area contributed by atoms with Crippen molar-refractivity contribution in [1.82, 2.24) is 30.1 Å². The average Bonchev–Trinajstić information content (AvgIpc) is 3.16. The first-order valence-electron chi connectivity index (χ1n) is 7.27. The molecule has 2 aromatic heterocycles. The maximum atomic E-state index is 12.7. The lowest BCUT2D eigenvalue weighted by Gasteiger charge is -2.19. The number of aromatic nitrogens is 4. The number of nitrogens with one attached hydrogen (secondary N) is 1. The highest BCUT2D eigenvalue weighted by Gasteiger charge is 2.50. The van der Waals surface area contributed by atoms with E-state index in [1.165, 1.54) is 0 Å². The Labute approximate surface area is 132 Å². The molecule has 9 nitrogen and oxygen atoms in total. The Morgan fingerprint density at radius 2 is 2.13 bits per heavy atom. The number of rotatable bonds is 4. The van der Waals surface area contributed by atoms with Crippen molar-refractivity contribution in [3.05, 3.63) is 29.7 Å². The SMILES string of the molecule is CC(C)c1nc(CN2C(=O)NC(C)(c3cnn(C)c3)C2=O)no1. The van der Waals surface area contributed by atoms with Crippen molar-refractivity contribution >= 4 is 11.9 Å². The molecule has 1 saturated heterocycles. The zero-order valence-corrected chi connectivity index (χ0v) is 13.4. The van der Waals surface area contributed by atoms with Gasteiger partial charge in [0.05, 0.1) is 12.7 Å². The molecule has 1 fully saturated rings. The van der Waals surface area contributed by atoms with Crippen LogP contribution in [0.2, 0.25) is 0 Å². The molecule has 0 aromatic carbocycles. The highest BCUT2D eigenvalue weighted by molar-refractivity contribution is 6.07. The number of carbonyl (C=O) groups is 2. The summed E-state index contributed by atoms with van der Waals surface area (Å²) in [7, 11) is 1.75. The summed E-state index contributed by atoms with van der Waals surface area (Å²) in [5, 5.41) is 10.6. The maximum Gasteiger partial charge on any atom is 0.325 e. The number of hydrogen-bond acceptors (Lipinski definition) is 6. The molecule has 0 saturated carbocycles. The summed E-state index contributed by atoms with van der Waals surface area (Å²) in [6.45, 7) is 5.46. The number of aryl methyl sites for hydroxylation is 1. The molecule has 122 valence electrons. The molecular weight excluding hydrogens is 300 g/mol. The lowest BCUT2D eigenvalue weighted by atomic mass is 9.95. The van der Waals surface area contributed by atoms with E-state index in [0.29, 0.717) is 17.3 Å². The van der Waals surface area contributed by atoms with Gasteiger partial charge in [-0.15, -0.1) is 0 Å². The average molecular weight is 318 g/mol. The molecule has 2 aromatic rings. The van der Waals surface area contributed by atoms with E-state index in [9.17, 15) is 9.59 Å². The molecule has 1 atom stereocenters. The standard InChI is InChI=1S/C14H18N6O3/c1-8(2)11-16-10(18-23-11)7-20-12(21)14(3,17-13(20)22)9-5-15-19(4)6-9/h5-6,8H,7H2,1-4H3,(H,17,22). The van der Waals surface area contributed by atoms with Crippen LogP contribution in [0.5, 0.6) is 0 Å². The van der Waals surface area contributed by atoms with Gasteiger partial charge in [-0.05, 0) is 6.92 Å². The van der Waals surface area contributed by atoms with Crippen LogP contribution >= 0.6 is 0 Å². The van der Waals surface area contributed by atoms with Crippen LogP contribution in [0.3, 0.4) is 0 Å². The highest BCUT2D eigenvalue weighted by Crippen LogP contribution is 2.29. The molecular formula is C14H18N6O3. The zero-order valence-electron chi connectivity index (χ0n) is 13.4. The fourth-order valence-electron chi connectivity index (χ4n) is 2.42. The van der Waals surface area contributed by atoms with Crippen molar-refractivity contribution in [1.29, 1.82) is 0 Å². The molecule has 0 bridgehead atoms. The van der Waals surface area contributed by atoms with Crippen LogP contribution in [0.15, 0.2) is 16.9 Å². The van der Waals surface area contributed by atoms with Crippen LogP contribution < -0.4 is 5.32 Å². The van der Waals surface area contributed by atoms with E-state index < -0.39 is 11.6 Å². The Balaban J connectivity index is 1.83. The Morgan fingerprint density at radius 3 is 2.70 bits per heavy atom. The Morgan fingerprint density at radius 1 is 1.39 bits per heavy atom. The third-order valence-corrected chi connectivity index (χ3v) is 3.83. The minimum atomic E-state index is -1.14. The van der Waals surface area contributed by atoms with Crippen molar-refractivity contribution in [3.63, 3.8) is 0 Å². The normalized spacial score (nSPS) is 21.3. The van der Waals surface area contributed by atoms with Crippen LogP contribution in [0, 0.1) is 0 Å². The topological polar surface area (TPSA) is 106 Å². The van der Waals surface area contributed by atoms with Crippen molar-refractivity contribution < 1.29 is 14.1 Å². The van der Waals surface area contributed by atoms with Gasteiger partial charge in [0, 0.05) is 24.7 Å². The van der Waals surface area contributed by atoms with Gasteiger partial charge in [0.15, 0.2) is 5.82 Å². The summed E-state index contributed by atoms with van der Waals surface area (Å²) >= 11 is 0. The van der Waals surface area contributed by atoms with E-state index in [2.05, 4.69) is 20.6 Å². The first-order valence-corrected chi connectivity index (χ1v) is 7.27. The first kappa shape index (κ1) is 15.2. The van der Waals surface area contributed by atoms with Crippen molar-refractivity contribution in [2.75, 3.05) is 0 Å². The summed E-state index contributed by atoms with van der Waals surface area (Å²) < 4.78 is 6.68. The molecule has 1 aliphatic heterocycles. The number of hydrogen-bond donors (Lipinski definition) is 1. The Hall–Kier alpha value is -2.71. The minimum absolute atomic E-state index is 0.0310. The molecule has 0 aliphatic carbocycles. The van der Waals surface area contributed by atoms with Crippen LogP contribution in [-0.4, -0.2) is 36.8 Å². The molecule has 3 heterocycles. The number of carbonyl (C=O) groups excluding carboxylic acids is 2. The fraction of sp³-hybridized carbons (Fsp3) is 0.500. The van der Waals surface area contributed by atoms with Crippen LogP contribution in [0.1, 0.15) is 44.0 Å². The lowest BCUT2D eigenvalue weighted by Crippen LogP contribution is -2.40. The molecule has 3 rings (SSSR count). The van der Waals surface area contributed by atoms with Gasteiger partial charge in [-0.2, -0.15) is 10.1 Å². The predicted molar refractivity (Wildman–Crippen MR) is 78.0 cm³/mol. The molecule has 3 amide bonds. The second kappa shape index (κ2) is 5.18. The summed E-state index contributed by atoms with van der Waals surface area (Å²) in [6.07, 6.45) is 3.26. The second-order valence-corrected chi connectivity index (χ2v) is 6.05. The van der Waals surface area contributed by atoms with Gasteiger partial charge in [0.1, 0.15) is 5.54 Å². The molecule has 1 aliphatic rings. The van der Waals surface area contributed by atoms with Crippen molar-refractivity contribution in [2.45, 2.75) is 38.8 Å². The Kier molecular flexibility index (Phi) is 3.42. The van der Waals surface area contributed by atoms with Crippen LogP contribution in [-0.2, 0) is 23.9 Å². The van der Waals surface area contributed by atoms with Gasteiger partial charge >= 0.3 is 6.03 Å². The number of imide groups is 1. The summed E-state index contributed by atoms with van der Waals surface area (Å²) in [5.74, 6) is 0.487. The predicted octanol–water partition coefficient (Wildman–Crippen LogP) is 0.894. The van der Waals surface area contributed by atoms with Crippen LogP contribution in [0.25, 0.3) is 0 Å². The lowest BCUT2D eigenvalue weighted by molar-refractivity contribution is -0.131. The van der Waals surface area contributed by atoms with Gasteiger partial charge in [-0.25, -0.2) is 4.79 Å². The number of urea groups is 1. The van der Waals surface area contributed by atoms with Gasteiger partial charge in [0.25, 0.3) is 5.91 Å². The molecule has 9 heteroatoms. The van der Waals surface area contributed by atoms with E-state index in [1.807, 2.05) is 13.8 Å². The fourth-order valence-corrected chi connectivity index (χ4v) is 2.42. The monoisotopic (exact) mass is 318 g/mol. The smallest absolute Gasteiger partial charge is 0.325 e. The minimum Gasteiger partial charge on any atom is -0.339 e. The van der Waals surface area contributed by atoms with Gasteiger partial charge < -0.3 is 9.84 Å².